The molecule has 0 radical (unpaired) electrons. The third-order valence-corrected chi connectivity index (χ3v) is 19.3. The summed E-state index contributed by atoms with van der Waals surface area (Å²) in [6.45, 7) is 5.71. The predicted molar refractivity (Wildman–Crippen MR) is 186 cm³/mol. The SMILES string of the molecule is C1CCOC1.C1CCOC1.[Se]=P(NCCNP(=[Se])(c1ccccc1)c1ccccc1)(c1ccccc1)c1ccccc1. The van der Waals surface area contributed by atoms with Crippen molar-refractivity contribution in [2.45, 2.75) is 25.7 Å². The van der Waals surface area contributed by atoms with Crippen molar-refractivity contribution in [3.8, 4) is 0 Å². The van der Waals surface area contributed by atoms with E-state index in [9.17, 15) is 0 Å². The maximum absolute atomic E-state index is 4.94. The van der Waals surface area contributed by atoms with Crippen molar-refractivity contribution in [1.82, 2.24) is 10.2 Å². The first kappa shape index (κ1) is 33.5. The molecule has 0 aliphatic carbocycles. The molecule has 6 rings (SSSR count). The van der Waals surface area contributed by atoms with Gasteiger partial charge in [0.15, 0.2) is 0 Å². The number of ether oxygens (including phenoxy) is 2. The summed E-state index contributed by atoms with van der Waals surface area (Å²) in [6.07, 6.45) is 5.11. The Morgan fingerprint density at radius 2 is 0.667 bits per heavy atom. The molecule has 2 N–H and O–H groups in total. The van der Waals surface area contributed by atoms with Crippen LogP contribution >= 0.6 is 11.3 Å². The van der Waals surface area contributed by atoms with Crippen LogP contribution in [0.5, 0.6) is 0 Å². The van der Waals surface area contributed by atoms with E-state index in [1.807, 2.05) is 0 Å². The molecule has 4 aromatic carbocycles. The van der Waals surface area contributed by atoms with E-state index in [2.05, 4.69) is 162 Å². The van der Waals surface area contributed by atoms with Crippen molar-refractivity contribution >= 4 is 62.7 Å². The minimum absolute atomic E-state index is 0.855. The van der Waals surface area contributed by atoms with Gasteiger partial charge in [0, 0.05) is 26.4 Å². The Kier molecular flexibility index (Phi) is 14.7. The van der Waals surface area contributed by atoms with Gasteiger partial charge in [-0.25, -0.2) is 0 Å². The second-order valence-corrected chi connectivity index (χ2v) is 22.0. The Morgan fingerprint density at radius 1 is 0.429 bits per heavy atom. The second-order valence-electron chi connectivity index (χ2n) is 10.0. The molecule has 0 spiro atoms. The van der Waals surface area contributed by atoms with E-state index in [1.165, 1.54) is 46.9 Å². The van der Waals surface area contributed by atoms with Crippen molar-refractivity contribution in [2.75, 3.05) is 39.5 Å². The van der Waals surface area contributed by atoms with Crippen LogP contribution < -0.4 is 31.4 Å². The standard InChI is InChI=1S/C26H26N2P2Se2.2C4H8O/c31-29(23-13-5-1-6-14-23,24-15-7-2-8-16-24)27-21-22-28-30(32,25-17-9-3-10-18-25)26-19-11-4-12-20-26;2*1-2-4-5-3-1/h1-20H,21-22H2,(H,27,31)(H,28,32);2*1-4H2. The van der Waals surface area contributed by atoms with Crippen molar-refractivity contribution in [3.63, 3.8) is 0 Å². The van der Waals surface area contributed by atoms with Crippen molar-refractivity contribution in [1.29, 1.82) is 0 Å². The third-order valence-electron chi connectivity index (χ3n) is 6.93. The molecule has 42 heavy (non-hydrogen) atoms. The zero-order valence-corrected chi connectivity index (χ0v) is 29.4. The Morgan fingerprint density at radius 3 is 0.857 bits per heavy atom. The van der Waals surface area contributed by atoms with Gasteiger partial charge in [0.1, 0.15) is 0 Å². The topological polar surface area (TPSA) is 42.5 Å². The van der Waals surface area contributed by atoms with Gasteiger partial charge >= 0.3 is 207 Å². The first-order valence-electron chi connectivity index (χ1n) is 14.7. The average Bonchev–Trinajstić information content (AvgIpc) is 3.85. The molecule has 4 aromatic rings. The van der Waals surface area contributed by atoms with Gasteiger partial charge in [-0.05, 0) is 25.7 Å². The van der Waals surface area contributed by atoms with E-state index >= 15 is 0 Å². The van der Waals surface area contributed by atoms with Gasteiger partial charge in [-0.2, -0.15) is 0 Å². The molecule has 2 saturated heterocycles. The molecule has 0 bridgehead atoms. The monoisotopic (exact) mass is 732 g/mol. The normalized spacial score (nSPS) is 14.8. The molecule has 0 saturated carbocycles. The van der Waals surface area contributed by atoms with E-state index in [0.29, 0.717) is 0 Å². The zero-order valence-electron chi connectivity index (χ0n) is 24.1. The van der Waals surface area contributed by atoms with Gasteiger partial charge in [0.05, 0.1) is 0 Å². The molecule has 2 heterocycles. The van der Waals surface area contributed by atoms with Crippen LogP contribution in [0.1, 0.15) is 25.7 Å². The van der Waals surface area contributed by atoms with Crippen LogP contribution in [0.4, 0.5) is 0 Å². The van der Waals surface area contributed by atoms with Crippen LogP contribution in [-0.4, -0.2) is 69.7 Å². The van der Waals surface area contributed by atoms with Crippen LogP contribution in [0, 0.1) is 0 Å². The van der Waals surface area contributed by atoms with Gasteiger partial charge in [-0.1, -0.05) is 0 Å². The van der Waals surface area contributed by atoms with Gasteiger partial charge in [-0.3, -0.25) is 0 Å². The summed E-state index contributed by atoms with van der Waals surface area (Å²) in [5, 5.41) is 13.1. The number of benzene rings is 4. The van der Waals surface area contributed by atoms with Gasteiger partial charge < -0.3 is 9.47 Å². The van der Waals surface area contributed by atoms with E-state index in [4.69, 9.17) is 9.47 Å². The first-order chi connectivity index (χ1) is 20.6. The molecule has 4 nitrogen and oxygen atoms in total. The maximum atomic E-state index is 4.94. The molecule has 8 heteroatoms. The van der Waals surface area contributed by atoms with Crippen LogP contribution in [0.3, 0.4) is 0 Å². The van der Waals surface area contributed by atoms with E-state index in [0.717, 1.165) is 39.5 Å². The molecule has 2 aliphatic heterocycles. The summed E-state index contributed by atoms with van der Waals surface area (Å²) in [7, 11) is 0. The fourth-order valence-electron chi connectivity index (χ4n) is 4.66. The number of nitrogens with one attached hydrogen (secondary N) is 2. The summed E-state index contributed by atoms with van der Waals surface area (Å²) in [4.78, 5) is 0. The van der Waals surface area contributed by atoms with Gasteiger partial charge in [-0.15, -0.1) is 0 Å². The predicted octanol–water partition coefficient (Wildman–Crippen LogP) is 5.09. The number of rotatable bonds is 9. The van der Waals surface area contributed by atoms with Crippen LogP contribution in [-0.2, 0) is 9.47 Å². The fraction of sp³-hybridized carbons (Fsp3) is 0.294. The molecule has 222 valence electrons. The molecular formula is C34H42N2O2P2Se2. The van der Waals surface area contributed by atoms with E-state index in [1.54, 1.807) is 0 Å². The minimum atomic E-state index is -1.81. The van der Waals surface area contributed by atoms with Crippen LogP contribution in [0.15, 0.2) is 121 Å². The molecule has 2 fully saturated rings. The second kappa shape index (κ2) is 18.4. The summed E-state index contributed by atoms with van der Waals surface area (Å²) in [5.74, 6) is 0. The average molecular weight is 731 g/mol. The Balaban J connectivity index is 0.000000339. The van der Waals surface area contributed by atoms with Crippen molar-refractivity contribution in [3.05, 3.63) is 121 Å². The Hall–Kier alpha value is -1.38. The van der Waals surface area contributed by atoms with Crippen molar-refractivity contribution in [2.24, 2.45) is 0 Å². The number of hydrogen-bond acceptors (Lipinski definition) is 4. The third kappa shape index (κ3) is 10.1. The van der Waals surface area contributed by atoms with Crippen LogP contribution in [0.25, 0.3) is 0 Å². The molecule has 0 atom stereocenters. The summed E-state index contributed by atoms with van der Waals surface area (Å²) in [6, 6.07) is 43.0. The first-order valence-corrected chi connectivity index (χ1v) is 22.7. The Bertz CT molecular complexity index is 1180. The Labute approximate surface area is 267 Å². The van der Waals surface area contributed by atoms with Gasteiger partial charge in [0.25, 0.3) is 0 Å². The van der Waals surface area contributed by atoms with Crippen molar-refractivity contribution < 1.29 is 9.47 Å². The summed E-state index contributed by atoms with van der Waals surface area (Å²) >= 11 is 7.12. The van der Waals surface area contributed by atoms with Gasteiger partial charge in [0.2, 0.25) is 0 Å². The molecular weight excluding hydrogens is 688 g/mol. The molecule has 0 unspecified atom stereocenters. The van der Waals surface area contributed by atoms with E-state index in [-0.39, 0.29) is 0 Å². The zero-order chi connectivity index (χ0) is 29.4. The molecule has 0 amide bonds. The summed E-state index contributed by atoms with van der Waals surface area (Å²) in [5.41, 5.74) is -3.63. The van der Waals surface area contributed by atoms with Crippen LogP contribution in [0.2, 0.25) is 0 Å². The molecule has 0 aromatic heterocycles. The quantitative estimate of drug-likeness (QED) is 0.143. The fourth-order valence-corrected chi connectivity index (χ4v) is 13.4. The number of hydrogen-bond donors (Lipinski definition) is 2. The summed E-state index contributed by atoms with van der Waals surface area (Å²) < 4.78 is 9.89. The van der Waals surface area contributed by atoms with E-state index < -0.39 is 11.3 Å². The molecule has 2 aliphatic rings.